The number of nitrogens with zero attached hydrogens (tertiary/aromatic N) is 4. The van der Waals surface area contributed by atoms with Crippen LogP contribution in [0.4, 0.5) is 19.7 Å². The number of esters is 1. The Hall–Kier alpha value is -4.16. The Morgan fingerprint density at radius 1 is 1.07 bits per heavy atom. The molecule has 3 heterocycles. The van der Waals surface area contributed by atoms with Gasteiger partial charge in [0.05, 0.1) is 12.1 Å². The van der Waals surface area contributed by atoms with Gasteiger partial charge in [-0.1, -0.05) is 41.9 Å². The van der Waals surface area contributed by atoms with E-state index in [0.29, 0.717) is 32.5 Å². The summed E-state index contributed by atoms with van der Waals surface area (Å²) in [6.07, 6.45) is 1.48. The molecule has 0 spiro atoms. The summed E-state index contributed by atoms with van der Waals surface area (Å²) in [4.78, 5) is 56.9. The highest BCUT2D eigenvalue weighted by atomic mass is 35.5. The third-order valence-corrected chi connectivity index (χ3v) is 8.24. The summed E-state index contributed by atoms with van der Waals surface area (Å²) in [6, 6.07) is 10.7. The number of hydrogen-bond donors (Lipinski definition) is 2. The average Bonchev–Trinajstić information content (AvgIpc) is 3.16. The first-order chi connectivity index (χ1) is 20.2. The number of aliphatic hydroxyl groups is 1. The average molecular weight is 600 g/mol. The minimum atomic E-state index is -1.64. The molecule has 3 aliphatic rings. The largest absolute Gasteiger partial charge is 0.468 e. The van der Waals surface area contributed by atoms with E-state index in [2.05, 4.69) is 10.1 Å². The summed E-state index contributed by atoms with van der Waals surface area (Å²) in [5.41, 5.74) is 2.04. The van der Waals surface area contributed by atoms with Gasteiger partial charge in [0.2, 0.25) is 5.91 Å². The number of nitrogens with one attached hydrogen (secondary N) is 1. The lowest BCUT2D eigenvalue weighted by Crippen LogP contribution is -2.55. The van der Waals surface area contributed by atoms with Crippen LogP contribution in [0.15, 0.2) is 48.7 Å². The molecule has 0 radical (unpaired) electrons. The summed E-state index contributed by atoms with van der Waals surface area (Å²) < 4.78 is 18.9. The molecule has 42 heavy (non-hydrogen) atoms. The smallest absolute Gasteiger partial charge is 0.327 e. The van der Waals surface area contributed by atoms with Crippen molar-refractivity contribution in [3.63, 3.8) is 0 Å². The van der Waals surface area contributed by atoms with Crippen molar-refractivity contribution in [3.05, 3.63) is 70.6 Å². The van der Waals surface area contributed by atoms with Crippen LogP contribution in [0.1, 0.15) is 24.0 Å². The van der Waals surface area contributed by atoms with Crippen molar-refractivity contribution >= 4 is 46.8 Å². The number of piperidine rings is 1. The fourth-order valence-corrected chi connectivity index (χ4v) is 5.78. The minimum Gasteiger partial charge on any atom is -0.468 e. The Morgan fingerprint density at radius 3 is 2.55 bits per heavy atom. The normalized spacial score (nSPS) is 19.6. The van der Waals surface area contributed by atoms with Gasteiger partial charge < -0.3 is 25.0 Å². The van der Waals surface area contributed by atoms with Crippen molar-refractivity contribution in [3.8, 4) is 0 Å². The Morgan fingerprint density at radius 2 is 1.81 bits per heavy atom. The highest BCUT2D eigenvalue weighted by Gasteiger charge is 2.38. The molecule has 5 rings (SSSR count). The molecule has 2 N–H and O–H groups in total. The maximum Gasteiger partial charge on any atom is 0.327 e. The lowest BCUT2D eigenvalue weighted by Gasteiger charge is -2.40. The number of urea groups is 2. The summed E-state index contributed by atoms with van der Waals surface area (Å²) in [6.45, 7) is 0.340. The van der Waals surface area contributed by atoms with E-state index in [1.54, 1.807) is 4.90 Å². The number of amides is 5. The predicted octanol–water partition coefficient (Wildman–Crippen LogP) is 3.13. The van der Waals surface area contributed by atoms with E-state index in [-0.39, 0.29) is 40.7 Å². The van der Waals surface area contributed by atoms with Crippen molar-refractivity contribution in [2.75, 3.05) is 45.2 Å². The van der Waals surface area contributed by atoms with E-state index in [1.165, 1.54) is 18.3 Å². The van der Waals surface area contributed by atoms with Gasteiger partial charge in [0.25, 0.3) is 0 Å². The highest BCUT2D eigenvalue weighted by molar-refractivity contribution is 6.32. The van der Waals surface area contributed by atoms with Crippen molar-refractivity contribution in [1.82, 2.24) is 19.6 Å². The third-order valence-electron chi connectivity index (χ3n) is 7.85. The first-order valence-electron chi connectivity index (χ1n) is 13.6. The first-order valence-corrected chi connectivity index (χ1v) is 14.0. The van der Waals surface area contributed by atoms with E-state index in [4.69, 9.17) is 11.6 Å². The molecule has 0 bridgehead atoms. The van der Waals surface area contributed by atoms with Gasteiger partial charge in [0, 0.05) is 48.7 Å². The van der Waals surface area contributed by atoms with E-state index >= 15 is 0 Å². The third kappa shape index (κ3) is 5.90. The van der Waals surface area contributed by atoms with Crippen LogP contribution in [0.3, 0.4) is 0 Å². The molecule has 2 aromatic carbocycles. The molecule has 3 aliphatic heterocycles. The van der Waals surface area contributed by atoms with Gasteiger partial charge in [-0.3, -0.25) is 19.4 Å². The molecule has 2 aromatic rings. The van der Waals surface area contributed by atoms with Gasteiger partial charge in [-0.05, 0) is 37.0 Å². The van der Waals surface area contributed by atoms with Crippen LogP contribution in [0, 0.1) is 5.82 Å². The molecule has 0 aliphatic carbocycles. The number of likely N-dealkylation sites (tertiary alicyclic amines) is 1. The number of methoxy groups -OCH3 is 1. The molecule has 5 amide bonds. The molecule has 222 valence electrons. The van der Waals surface area contributed by atoms with Crippen LogP contribution >= 0.6 is 11.6 Å². The number of fused-ring (bicyclic) bond motifs is 1. The van der Waals surface area contributed by atoms with Gasteiger partial charge in [0.15, 0.2) is 6.23 Å². The number of rotatable bonds is 6. The number of anilines is 1. The maximum atomic E-state index is 14.2. The molecule has 13 heteroatoms. The van der Waals surface area contributed by atoms with Crippen LogP contribution in [-0.4, -0.2) is 101 Å². The second-order valence-corrected chi connectivity index (χ2v) is 10.7. The summed E-state index contributed by atoms with van der Waals surface area (Å²) in [7, 11) is 1.14. The Kier molecular flexibility index (Phi) is 8.64. The zero-order chi connectivity index (χ0) is 30.0. The number of carbonyl (C=O) groups is 4. The van der Waals surface area contributed by atoms with E-state index in [9.17, 15) is 28.7 Å². The second kappa shape index (κ2) is 12.4. The molecular formula is C29H31ClFN5O6. The fraction of sp³-hybridized carbons (Fsp3) is 0.379. The molecule has 1 saturated heterocycles. The maximum absolute atomic E-state index is 14.2. The van der Waals surface area contributed by atoms with Gasteiger partial charge in [-0.25, -0.2) is 14.0 Å². The number of para-hydroxylation sites is 1. The molecule has 11 nitrogen and oxygen atoms in total. The number of benzene rings is 2. The van der Waals surface area contributed by atoms with Gasteiger partial charge in [-0.15, -0.1) is 0 Å². The van der Waals surface area contributed by atoms with Crippen LogP contribution < -0.4 is 5.32 Å². The van der Waals surface area contributed by atoms with Crippen LogP contribution in [0.25, 0.3) is 5.57 Å². The summed E-state index contributed by atoms with van der Waals surface area (Å²) in [5, 5.41) is 13.7. The molecule has 0 saturated carbocycles. The molecular weight excluding hydrogens is 569 g/mol. The van der Waals surface area contributed by atoms with Crippen molar-refractivity contribution < 1.29 is 33.4 Å². The van der Waals surface area contributed by atoms with Crippen molar-refractivity contribution in [2.24, 2.45) is 0 Å². The van der Waals surface area contributed by atoms with Gasteiger partial charge >= 0.3 is 18.0 Å². The zero-order valence-corrected chi connectivity index (χ0v) is 23.7. The SMILES string of the molecule is COC(=O)CN1C(=O)N(CC(=O)N2CCC(N3CCc4ccccc4NC3=O)CC2)C=C(c2cccc(F)c2Cl)C1O. The molecule has 0 aromatic heterocycles. The second-order valence-electron chi connectivity index (χ2n) is 10.3. The Balaban J connectivity index is 1.28. The fourth-order valence-electron chi connectivity index (χ4n) is 5.54. The Bertz CT molecular complexity index is 1430. The lowest BCUT2D eigenvalue weighted by molar-refractivity contribution is -0.143. The number of aliphatic hydroxyl groups excluding tert-OH is 1. The standard InChI is InChI=1S/C29H31ClFN5O6/c1-42-25(38)17-36-27(39)21(20-6-4-7-22(31)26(20)30)15-34(29(36)41)16-24(37)33-12-10-19(11-13-33)35-14-9-18-5-2-3-8-23(18)32-28(35)40/h2-8,15,19,27,39H,9-14,16-17H2,1H3,(H,32,40). The predicted molar refractivity (Wildman–Crippen MR) is 152 cm³/mol. The van der Waals surface area contributed by atoms with E-state index in [0.717, 1.165) is 40.6 Å². The quantitative estimate of drug-likeness (QED) is 0.492. The number of halogens is 2. The van der Waals surface area contributed by atoms with E-state index in [1.807, 2.05) is 29.2 Å². The van der Waals surface area contributed by atoms with Crippen LogP contribution in [-0.2, 0) is 20.7 Å². The number of carbonyl (C=O) groups excluding carboxylic acids is 4. The molecule has 1 atom stereocenters. The van der Waals surface area contributed by atoms with Crippen molar-refractivity contribution in [1.29, 1.82) is 0 Å². The first kappa shape index (κ1) is 29.3. The van der Waals surface area contributed by atoms with Crippen molar-refractivity contribution in [2.45, 2.75) is 31.5 Å². The monoisotopic (exact) mass is 599 g/mol. The van der Waals surface area contributed by atoms with Gasteiger partial charge in [0.1, 0.15) is 18.9 Å². The number of hydrogen-bond acceptors (Lipinski definition) is 6. The van der Waals surface area contributed by atoms with Crippen LogP contribution in [0.2, 0.25) is 5.02 Å². The highest BCUT2D eigenvalue weighted by Crippen LogP contribution is 2.33. The number of ether oxygens (including phenoxy) is 1. The summed E-state index contributed by atoms with van der Waals surface area (Å²) >= 11 is 6.16. The minimum absolute atomic E-state index is 0.0442. The Labute approximate surface area is 247 Å². The van der Waals surface area contributed by atoms with E-state index < -0.39 is 30.6 Å². The topological polar surface area (TPSA) is 123 Å². The molecule has 1 unspecified atom stereocenters. The molecule has 1 fully saturated rings. The zero-order valence-electron chi connectivity index (χ0n) is 23.0. The van der Waals surface area contributed by atoms with Crippen LogP contribution in [0.5, 0.6) is 0 Å². The lowest BCUT2D eigenvalue weighted by atomic mass is 10.0. The summed E-state index contributed by atoms with van der Waals surface area (Å²) in [5.74, 6) is -1.88. The van der Waals surface area contributed by atoms with Gasteiger partial charge in [-0.2, -0.15) is 0 Å².